The minimum Gasteiger partial charge on any atom is -0.311 e. The van der Waals surface area contributed by atoms with Crippen LogP contribution in [0.15, 0.2) is 0 Å². The van der Waals surface area contributed by atoms with Gasteiger partial charge < -0.3 is 10.2 Å². The van der Waals surface area contributed by atoms with Crippen LogP contribution in [0.1, 0.15) is 33.6 Å². The van der Waals surface area contributed by atoms with E-state index >= 15 is 0 Å². The molecule has 1 aliphatic heterocycles. The van der Waals surface area contributed by atoms with Crippen LogP contribution in [0.4, 0.5) is 0 Å². The fraction of sp³-hybridized carbons (Fsp3) is 1.00. The summed E-state index contributed by atoms with van der Waals surface area (Å²) in [6, 6.07) is 1.47. The SMILES string of the molecule is CN1CC(C2CC2)NCC1C(C)(C)C. The summed E-state index contributed by atoms with van der Waals surface area (Å²) in [5.41, 5.74) is 0.399. The van der Waals surface area contributed by atoms with Crippen LogP contribution in [0, 0.1) is 11.3 Å². The predicted molar refractivity (Wildman–Crippen MR) is 60.4 cm³/mol. The van der Waals surface area contributed by atoms with E-state index in [-0.39, 0.29) is 0 Å². The molecule has 2 fully saturated rings. The van der Waals surface area contributed by atoms with E-state index in [1.54, 1.807) is 0 Å². The van der Waals surface area contributed by atoms with Crippen molar-refractivity contribution in [2.45, 2.75) is 45.7 Å². The molecule has 1 heterocycles. The van der Waals surface area contributed by atoms with Gasteiger partial charge in [0.1, 0.15) is 0 Å². The number of piperazine rings is 1. The molecular weight excluding hydrogens is 172 g/mol. The minimum atomic E-state index is 0.399. The van der Waals surface area contributed by atoms with Gasteiger partial charge in [0, 0.05) is 25.2 Å². The van der Waals surface area contributed by atoms with Crippen molar-refractivity contribution in [1.82, 2.24) is 10.2 Å². The number of rotatable bonds is 1. The molecule has 1 aliphatic carbocycles. The fourth-order valence-electron chi connectivity index (χ4n) is 2.70. The Hall–Kier alpha value is -0.0800. The highest BCUT2D eigenvalue weighted by molar-refractivity contribution is 4.96. The predicted octanol–water partition coefficient (Wildman–Crippen LogP) is 1.71. The second-order valence-electron chi connectivity index (χ2n) is 6.17. The highest BCUT2D eigenvalue weighted by Crippen LogP contribution is 2.35. The Kier molecular flexibility index (Phi) is 2.61. The van der Waals surface area contributed by atoms with Gasteiger partial charge in [-0.05, 0) is 31.2 Å². The second kappa shape index (κ2) is 3.49. The van der Waals surface area contributed by atoms with Gasteiger partial charge in [0.15, 0.2) is 0 Å². The molecule has 1 saturated carbocycles. The van der Waals surface area contributed by atoms with E-state index in [9.17, 15) is 0 Å². The highest BCUT2D eigenvalue weighted by atomic mass is 15.2. The van der Waals surface area contributed by atoms with Crippen LogP contribution >= 0.6 is 0 Å². The van der Waals surface area contributed by atoms with Crippen molar-refractivity contribution < 1.29 is 0 Å². The molecule has 0 bridgehead atoms. The van der Waals surface area contributed by atoms with E-state index in [2.05, 4.69) is 38.0 Å². The smallest absolute Gasteiger partial charge is 0.0266 e. The molecule has 0 aromatic heterocycles. The van der Waals surface area contributed by atoms with Crippen LogP contribution in [0.2, 0.25) is 0 Å². The van der Waals surface area contributed by atoms with Gasteiger partial charge in [-0.15, -0.1) is 0 Å². The number of hydrogen-bond donors (Lipinski definition) is 1. The van der Waals surface area contributed by atoms with Crippen molar-refractivity contribution in [3.8, 4) is 0 Å². The summed E-state index contributed by atoms with van der Waals surface area (Å²) >= 11 is 0. The first-order valence-electron chi connectivity index (χ1n) is 5.92. The third-order valence-corrected chi connectivity index (χ3v) is 3.78. The average Bonchev–Trinajstić information content (AvgIpc) is 2.83. The van der Waals surface area contributed by atoms with Gasteiger partial charge in [0.25, 0.3) is 0 Å². The number of nitrogens with zero attached hydrogens (tertiary/aromatic N) is 1. The zero-order valence-electron chi connectivity index (χ0n) is 10.0. The molecule has 2 rings (SSSR count). The molecule has 0 radical (unpaired) electrons. The summed E-state index contributed by atoms with van der Waals surface area (Å²) < 4.78 is 0. The van der Waals surface area contributed by atoms with Gasteiger partial charge in [-0.25, -0.2) is 0 Å². The Labute approximate surface area is 88.1 Å². The maximum Gasteiger partial charge on any atom is 0.0266 e. The largest absolute Gasteiger partial charge is 0.311 e. The van der Waals surface area contributed by atoms with Gasteiger partial charge in [0.05, 0.1) is 0 Å². The first-order chi connectivity index (χ1) is 6.48. The molecule has 0 aromatic carbocycles. The first-order valence-corrected chi connectivity index (χ1v) is 5.92. The molecule has 2 aliphatic rings. The van der Waals surface area contributed by atoms with Crippen molar-refractivity contribution in [3.05, 3.63) is 0 Å². The molecule has 2 unspecified atom stereocenters. The lowest BCUT2D eigenvalue weighted by Crippen LogP contribution is -2.59. The number of hydrogen-bond acceptors (Lipinski definition) is 2. The second-order valence-corrected chi connectivity index (χ2v) is 6.17. The molecule has 0 amide bonds. The van der Waals surface area contributed by atoms with E-state index in [0.717, 1.165) is 12.0 Å². The quantitative estimate of drug-likeness (QED) is 0.687. The van der Waals surface area contributed by atoms with Crippen LogP contribution < -0.4 is 5.32 Å². The lowest BCUT2D eigenvalue weighted by molar-refractivity contribution is 0.0741. The Morgan fingerprint density at radius 1 is 1.21 bits per heavy atom. The summed E-state index contributed by atoms with van der Waals surface area (Å²) in [6.45, 7) is 9.43. The van der Waals surface area contributed by atoms with Crippen molar-refractivity contribution in [1.29, 1.82) is 0 Å². The van der Waals surface area contributed by atoms with Gasteiger partial charge in [-0.1, -0.05) is 20.8 Å². The number of likely N-dealkylation sites (N-methyl/N-ethyl adjacent to an activating group) is 1. The summed E-state index contributed by atoms with van der Waals surface area (Å²) in [6.07, 6.45) is 2.90. The van der Waals surface area contributed by atoms with Crippen LogP contribution in [0.5, 0.6) is 0 Å². The molecule has 0 spiro atoms. The highest BCUT2D eigenvalue weighted by Gasteiger charge is 2.39. The van der Waals surface area contributed by atoms with Crippen LogP contribution in [-0.2, 0) is 0 Å². The summed E-state index contributed by atoms with van der Waals surface area (Å²) in [5, 5.41) is 3.73. The van der Waals surface area contributed by atoms with Gasteiger partial charge in [-0.2, -0.15) is 0 Å². The third-order valence-electron chi connectivity index (χ3n) is 3.78. The van der Waals surface area contributed by atoms with E-state index < -0.39 is 0 Å². The molecule has 1 N–H and O–H groups in total. The summed E-state index contributed by atoms with van der Waals surface area (Å²) in [4.78, 5) is 2.56. The maximum absolute atomic E-state index is 3.73. The van der Waals surface area contributed by atoms with Gasteiger partial charge in [0.2, 0.25) is 0 Å². The van der Waals surface area contributed by atoms with E-state index in [1.807, 2.05) is 0 Å². The lowest BCUT2D eigenvalue weighted by Gasteiger charge is -2.44. The molecule has 1 saturated heterocycles. The van der Waals surface area contributed by atoms with E-state index in [4.69, 9.17) is 0 Å². The molecular formula is C12H24N2. The average molecular weight is 196 g/mol. The standard InChI is InChI=1S/C12H24N2/c1-12(2,3)11-7-13-10(8-14(11)4)9-5-6-9/h9-11,13H,5-8H2,1-4H3. The first kappa shape index (κ1) is 10.4. The van der Waals surface area contributed by atoms with Gasteiger partial charge >= 0.3 is 0 Å². The third kappa shape index (κ3) is 2.12. The maximum atomic E-state index is 3.73. The molecule has 0 aromatic rings. The van der Waals surface area contributed by atoms with Crippen LogP contribution in [0.3, 0.4) is 0 Å². The molecule has 2 heteroatoms. The topological polar surface area (TPSA) is 15.3 Å². The summed E-state index contributed by atoms with van der Waals surface area (Å²) in [5.74, 6) is 0.985. The molecule has 14 heavy (non-hydrogen) atoms. The van der Waals surface area contributed by atoms with Crippen molar-refractivity contribution >= 4 is 0 Å². The van der Waals surface area contributed by atoms with E-state index in [0.29, 0.717) is 11.5 Å². The Bertz CT molecular complexity index is 203. The molecule has 2 nitrogen and oxygen atoms in total. The Morgan fingerprint density at radius 2 is 1.86 bits per heavy atom. The molecule has 2 atom stereocenters. The molecule has 82 valence electrons. The monoisotopic (exact) mass is 196 g/mol. The summed E-state index contributed by atoms with van der Waals surface area (Å²) in [7, 11) is 2.28. The van der Waals surface area contributed by atoms with E-state index in [1.165, 1.54) is 25.9 Å². The normalized spacial score (nSPS) is 36.0. The van der Waals surface area contributed by atoms with Crippen molar-refractivity contribution in [2.75, 3.05) is 20.1 Å². The fourth-order valence-corrected chi connectivity index (χ4v) is 2.70. The van der Waals surface area contributed by atoms with Gasteiger partial charge in [-0.3, -0.25) is 0 Å². The minimum absolute atomic E-state index is 0.399. The lowest BCUT2D eigenvalue weighted by atomic mass is 9.84. The van der Waals surface area contributed by atoms with Crippen LogP contribution in [0.25, 0.3) is 0 Å². The number of nitrogens with one attached hydrogen (secondary N) is 1. The van der Waals surface area contributed by atoms with Crippen molar-refractivity contribution in [3.63, 3.8) is 0 Å². The zero-order valence-corrected chi connectivity index (χ0v) is 10.0. The zero-order chi connectivity index (χ0) is 10.3. The van der Waals surface area contributed by atoms with Crippen LogP contribution in [-0.4, -0.2) is 37.1 Å². The Balaban J connectivity index is 1.92. The van der Waals surface area contributed by atoms with Crippen molar-refractivity contribution in [2.24, 2.45) is 11.3 Å². The Morgan fingerprint density at radius 3 is 2.29 bits per heavy atom.